The van der Waals surface area contributed by atoms with Crippen LogP contribution >= 0.6 is 0 Å². The zero-order valence-electron chi connectivity index (χ0n) is 18.3. The normalized spacial score (nSPS) is 11.7. The Morgan fingerprint density at radius 1 is 0.914 bits per heavy atom. The maximum atomic E-state index is 13.5. The molecule has 10 heteroatoms. The lowest BCUT2D eigenvalue weighted by molar-refractivity contribution is 0.0492. The van der Waals surface area contributed by atoms with Gasteiger partial charge in [-0.2, -0.15) is 0 Å². The van der Waals surface area contributed by atoms with E-state index in [1.807, 2.05) is 0 Å². The monoisotopic (exact) mass is 490 g/mol. The summed E-state index contributed by atoms with van der Waals surface area (Å²) in [6.45, 7) is -0.0872. The molecule has 0 aliphatic carbocycles. The van der Waals surface area contributed by atoms with E-state index in [0.29, 0.717) is 11.0 Å². The molecular formula is C25H19FN4O4S. The Bertz CT molecular complexity index is 1670. The van der Waals surface area contributed by atoms with Crippen molar-refractivity contribution >= 4 is 43.8 Å². The van der Waals surface area contributed by atoms with Crippen LogP contribution in [0.2, 0.25) is 0 Å². The predicted molar refractivity (Wildman–Crippen MR) is 128 cm³/mol. The van der Waals surface area contributed by atoms with E-state index in [9.17, 15) is 17.6 Å². The van der Waals surface area contributed by atoms with Gasteiger partial charge in [0.2, 0.25) is 9.84 Å². The summed E-state index contributed by atoms with van der Waals surface area (Å²) >= 11 is 0. The average molecular weight is 491 g/mol. The van der Waals surface area contributed by atoms with Crippen LogP contribution in [0.15, 0.2) is 88.7 Å². The molecule has 0 spiro atoms. The number of hydrogen-bond donors (Lipinski definition) is 1. The molecule has 8 nitrogen and oxygen atoms in total. The number of nitrogen functional groups attached to an aromatic ring is 1. The van der Waals surface area contributed by atoms with Crippen molar-refractivity contribution in [2.75, 3.05) is 12.3 Å². The number of nitrogens with zero attached hydrogens (tertiary/aromatic N) is 3. The van der Waals surface area contributed by atoms with Crippen molar-refractivity contribution in [2.24, 2.45) is 0 Å². The summed E-state index contributed by atoms with van der Waals surface area (Å²) in [6.07, 6.45) is 0. The maximum absolute atomic E-state index is 13.5. The molecule has 0 aliphatic heterocycles. The molecule has 0 amide bonds. The molecule has 0 atom stereocenters. The summed E-state index contributed by atoms with van der Waals surface area (Å²) in [6, 6.07) is 20.0. The van der Waals surface area contributed by atoms with E-state index in [1.165, 1.54) is 28.8 Å². The van der Waals surface area contributed by atoms with Gasteiger partial charge >= 0.3 is 5.97 Å². The number of esters is 1. The third-order valence-corrected chi connectivity index (χ3v) is 7.33. The van der Waals surface area contributed by atoms with Gasteiger partial charge in [0, 0.05) is 0 Å². The molecule has 0 saturated carbocycles. The number of para-hydroxylation sites is 2. The minimum Gasteiger partial charge on any atom is -0.460 e. The van der Waals surface area contributed by atoms with Gasteiger partial charge in [0.25, 0.3) is 0 Å². The second kappa shape index (κ2) is 8.80. The highest BCUT2D eigenvalue weighted by molar-refractivity contribution is 7.92. The number of benzene rings is 3. The van der Waals surface area contributed by atoms with Crippen LogP contribution in [0, 0.1) is 5.82 Å². The number of fused-ring (bicyclic) bond motifs is 2. The molecule has 3 aromatic carbocycles. The Morgan fingerprint density at radius 2 is 1.54 bits per heavy atom. The van der Waals surface area contributed by atoms with Crippen molar-refractivity contribution in [3.8, 4) is 0 Å². The average Bonchev–Trinajstić information content (AvgIpc) is 3.14. The molecule has 0 aliphatic rings. The summed E-state index contributed by atoms with van der Waals surface area (Å²) in [7, 11) is -4.02. The quantitative estimate of drug-likeness (QED) is 0.358. The van der Waals surface area contributed by atoms with Gasteiger partial charge in [-0.3, -0.25) is 0 Å². The standard InChI is InChI=1S/C25H19FN4O4S/c26-17-12-10-16(11-13-17)25(31)34-15-14-30-23(27)22(35(32,33)18-6-2-1-3-7-18)21-24(30)29-20-9-5-4-8-19(20)28-21/h1-13H,14-15,27H2. The third-order valence-electron chi connectivity index (χ3n) is 5.50. The van der Waals surface area contributed by atoms with Crippen molar-refractivity contribution in [3.05, 3.63) is 90.2 Å². The fraction of sp³-hybridized carbons (Fsp3) is 0.0800. The summed E-state index contributed by atoms with van der Waals surface area (Å²) < 4.78 is 47.0. The van der Waals surface area contributed by atoms with E-state index in [4.69, 9.17) is 10.5 Å². The smallest absolute Gasteiger partial charge is 0.338 e. The number of carbonyl (C=O) groups excluding carboxylic acids is 1. The van der Waals surface area contributed by atoms with Crippen molar-refractivity contribution in [3.63, 3.8) is 0 Å². The number of aromatic nitrogens is 3. The number of rotatable bonds is 6. The second-order valence-electron chi connectivity index (χ2n) is 7.71. The van der Waals surface area contributed by atoms with Crippen LogP contribution < -0.4 is 5.73 Å². The number of halogens is 1. The fourth-order valence-electron chi connectivity index (χ4n) is 3.80. The van der Waals surface area contributed by atoms with Crippen LogP contribution in [0.5, 0.6) is 0 Å². The first-order valence-corrected chi connectivity index (χ1v) is 12.1. The number of sulfone groups is 1. The molecular weight excluding hydrogens is 471 g/mol. The number of anilines is 1. The summed E-state index contributed by atoms with van der Waals surface area (Å²) in [5.41, 5.74) is 8.03. The van der Waals surface area contributed by atoms with Crippen LogP contribution in [-0.2, 0) is 21.1 Å². The lowest BCUT2D eigenvalue weighted by Crippen LogP contribution is -2.14. The molecule has 0 saturated heterocycles. The van der Waals surface area contributed by atoms with Crippen molar-refractivity contribution in [1.29, 1.82) is 0 Å². The highest BCUT2D eigenvalue weighted by atomic mass is 32.2. The zero-order chi connectivity index (χ0) is 24.6. The fourth-order valence-corrected chi connectivity index (χ4v) is 5.33. The first-order valence-electron chi connectivity index (χ1n) is 10.6. The number of hydrogen-bond acceptors (Lipinski definition) is 7. The third kappa shape index (κ3) is 4.08. The molecule has 0 unspecified atom stereocenters. The van der Waals surface area contributed by atoms with Crippen LogP contribution in [0.3, 0.4) is 0 Å². The van der Waals surface area contributed by atoms with E-state index in [0.717, 1.165) is 12.1 Å². The zero-order valence-corrected chi connectivity index (χ0v) is 19.1. The highest BCUT2D eigenvalue weighted by Crippen LogP contribution is 2.35. The van der Waals surface area contributed by atoms with E-state index in [2.05, 4.69) is 9.97 Å². The van der Waals surface area contributed by atoms with Crippen LogP contribution in [0.1, 0.15) is 10.4 Å². The lowest BCUT2D eigenvalue weighted by Gasteiger charge is -2.09. The minimum atomic E-state index is -4.02. The molecule has 5 aromatic rings. The van der Waals surface area contributed by atoms with E-state index in [-0.39, 0.29) is 45.5 Å². The predicted octanol–water partition coefficient (Wildman–Crippen LogP) is 4.00. The van der Waals surface area contributed by atoms with E-state index in [1.54, 1.807) is 42.5 Å². The SMILES string of the molecule is Nc1c(S(=O)(=O)c2ccccc2)c2nc3ccccc3nc2n1CCOC(=O)c1ccc(F)cc1. The summed E-state index contributed by atoms with van der Waals surface area (Å²) in [5, 5.41) is 0. The molecule has 5 rings (SSSR count). The van der Waals surface area contributed by atoms with Gasteiger partial charge in [0.05, 0.1) is 28.0 Å². The summed E-state index contributed by atoms with van der Waals surface area (Å²) in [5.74, 6) is -1.17. The van der Waals surface area contributed by atoms with Gasteiger partial charge in [-0.05, 0) is 48.5 Å². The van der Waals surface area contributed by atoms with Crippen molar-refractivity contribution in [1.82, 2.24) is 14.5 Å². The van der Waals surface area contributed by atoms with Crippen molar-refractivity contribution in [2.45, 2.75) is 16.3 Å². The van der Waals surface area contributed by atoms with E-state index >= 15 is 0 Å². The molecule has 2 aromatic heterocycles. The highest BCUT2D eigenvalue weighted by Gasteiger charge is 2.30. The van der Waals surface area contributed by atoms with Crippen LogP contribution in [0.4, 0.5) is 10.2 Å². The molecule has 0 fully saturated rings. The lowest BCUT2D eigenvalue weighted by atomic mass is 10.2. The Hall–Kier alpha value is -4.31. The number of ether oxygens (including phenoxy) is 1. The Balaban J connectivity index is 1.57. The molecule has 0 radical (unpaired) electrons. The van der Waals surface area contributed by atoms with Gasteiger partial charge in [-0.25, -0.2) is 27.6 Å². The van der Waals surface area contributed by atoms with E-state index < -0.39 is 21.6 Å². The number of nitrogens with two attached hydrogens (primary N) is 1. The topological polar surface area (TPSA) is 117 Å². The molecule has 35 heavy (non-hydrogen) atoms. The first kappa shape index (κ1) is 22.5. The largest absolute Gasteiger partial charge is 0.460 e. The van der Waals surface area contributed by atoms with Gasteiger partial charge in [0.15, 0.2) is 5.65 Å². The number of carbonyl (C=O) groups is 1. The Kier molecular flexibility index (Phi) is 5.65. The van der Waals surface area contributed by atoms with Gasteiger partial charge in [-0.15, -0.1) is 0 Å². The maximum Gasteiger partial charge on any atom is 0.338 e. The molecule has 176 valence electrons. The second-order valence-corrected chi connectivity index (χ2v) is 9.60. The van der Waals surface area contributed by atoms with Gasteiger partial charge in [-0.1, -0.05) is 30.3 Å². The van der Waals surface area contributed by atoms with Crippen molar-refractivity contribution < 1.29 is 22.3 Å². The van der Waals surface area contributed by atoms with Gasteiger partial charge in [0.1, 0.15) is 28.7 Å². The summed E-state index contributed by atoms with van der Waals surface area (Å²) in [4.78, 5) is 21.4. The van der Waals surface area contributed by atoms with Gasteiger partial charge < -0.3 is 15.0 Å². The minimum absolute atomic E-state index is 0.0343. The molecule has 2 N–H and O–H groups in total. The Labute approximate surface area is 199 Å². The molecule has 2 heterocycles. The molecule has 0 bridgehead atoms. The van der Waals surface area contributed by atoms with Crippen LogP contribution in [-0.4, -0.2) is 35.5 Å². The Morgan fingerprint density at radius 3 is 2.23 bits per heavy atom. The first-order chi connectivity index (χ1) is 16.9. The van der Waals surface area contributed by atoms with Crippen LogP contribution in [0.25, 0.3) is 22.2 Å².